The zero-order valence-electron chi connectivity index (χ0n) is 12.9. The van der Waals surface area contributed by atoms with Gasteiger partial charge in [0.15, 0.2) is 0 Å². The lowest BCUT2D eigenvalue weighted by Crippen LogP contribution is -2.54. The fraction of sp³-hybridized carbons (Fsp3) is 0.562. The molecule has 0 spiro atoms. The summed E-state index contributed by atoms with van der Waals surface area (Å²) in [6, 6.07) is 9.94. The first-order valence-corrected chi connectivity index (χ1v) is 7.31. The van der Waals surface area contributed by atoms with Crippen molar-refractivity contribution in [3.63, 3.8) is 0 Å². The molecule has 1 aromatic carbocycles. The van der Waals surface area contributed by atoms with Gasteiger partial charge in [-0.15, -0.1) is 0 Å². The van der Waals surface area contributed by atoms with E-state index in [1.165, 1.54) is 0 Å². The molecular formula is C16H27N3O. The van der Waals surface area contributed by atoms with Crippen LogP contribution in [0.2, 0.25) is 0 Å². The molecule has 0 aromatic heterocycles. The van der Waals surface area contributed by atoms with E-state index in [1.807, 2.05) is 30.3 Å². The molecule has 0 saturated carbocycles. The molecule has 4 heteroatoms. The highest BCUT2D eigenvalue weighted by molar-refractivity contribution is 5.78. The normalized spacial score (nSPS) is 14.1. The number of benzene rings is 1. The Labute approximate surface area is 122 Å². The van der Waals surface area contributed by atoms with Gasteiger partial charge in [-0.05, 0) is 25.5 Å². The molecule has 0 bridgehead atoms. The minimum atomic E-state index is -0.112. The van der Waals surface area contributed by atoms with Crippen molar-refractivity contribution in [1.82, 2.24) is 10.2 Å². The first-order valence-electron chi connectivity index (χ1n) is 7.31. The molecule has 1 amide bonds. The Morgan fingerprint density at radius 1 is 1.30 bits per heavy atom. The average molecular weight is 277 g/mol. The third-order valence-electron chi connectivity index (χ3n) is 4.01. The molecule has 1 rings (SSSR count). The van der Waals surface area contributed by atoms with Crippen molar-refractivity contribution < 1.29 is 4.79 Å². The first kappa shape index (κ1) is 16.7. The number of hydrogen-bond donors (Lipinski definition) is 2. The van der Waals surface area contributed by atoms with Crippen LogP contribution >= 0.6 is 0 Å². The highest BCUT2D eigenvalue weighted by Gasteiger charge is 2.28. The van der Waals surface area contributed by atoms with Gasteiger partial charge in [-0.2, -0.15) is 0 Å². The summed E-state index contributed by atoms with van der Waals surface area (Å²) in [5.41, 5.74) is 6.86. The Morgan fingerprint density at radius 3 is 2.45 bits per heavy atom. The fourth-order valence-electron chi connectivity index (χ4n) is 2.21. The van der Waals surface area contributed by atoms with Crippen LogP contribution in [-0.2, 0) is 11.3 Å². The molecule has 20 heavy (non-hydrogen) atoms. The van der Waals surface area contributed by atoms with Gasteiger partial charge in [-0.1, -0.05) is 44.2 Å². The predicted octanol–water partition coefficient (Wildman–Crippen LogP) is 1.75. The second-order valence-corrected chi connectivity index (χ2v) is 5.33. The number of nitrogens with zero attached hydrogens (tertiary/aromatic N) is 1. The van der Waals surface area contributed by atoms with Crippen LogP contribution in [0, 0.1) is 0 Å². The maximum atomic E-state index is 12.1. The summed E-state index contributed by atoms with van der Waals surface area (Å²) in [5, 5.41) is 2.96. The van der Waals surface area contributed by atoms with Gasteiger partial charge in [0, 0.05) is 18.6 Å². The largest absolute Gasteiger partial charge is 0.351 e. The monoisotopic (exact) mass is 277 g/mol. The second kappa shape index (κ2) is 8.02. The number of carbonyl (C=O) groups is 1. The zero-order chi connectivity index (χ0) is 15.0. The van der Waals surface area contributed by atoms with Gasteiger partial charge in [0.1, 0.15) is 0 Å². The Morgan fingerprint density at radius 2 is 1.95 bits per heavy atom. The van der Waals surface area contributed by atoms with E-state index >= 15 is 0 Å². The number of likely N-dealkylation sites (N-methyl/N-ethyl adjacent to an activating group) is 1. The summed E-state index contributed by atoms with van der Waals surface area (Å²) >= 11 is 0. The van der Waals surface area contributed by atoms with Crippen LogP contribution in [0.5, 0.6) is 0 Å². The highest BCUT2D eigenvalue weighted by Crippen LogP contribution is 2.17. The van der Waals surface area contributed by atoms with E-state index in [-0.39, 0.29) is 11.4 Å². The Kier molecular flexibility index (Phi) is 6.68. The molecule has 1 aromatic rings. The molecule has 0 aliphatic rings. The van der Waals surface area contributed by atoms with E-state index in [0.29, 0.717) is 19.6 Å². The predicted molar refractivity (Wildman–Crippen MR) is 83.3 cm³/mol. The van der Waals surface area contributed by atoms with Gasteiger partial charge in [0.05, 0.1) is 6.54 Å². The van der Waals surface area contributed by atoms with E-state index in [0.717, 1.165) is 18.5 Å². The van der Waals surface area contributed by atoms with E-state index < -0.39 is 0 Å². The molecule has 0 heterocycles. The van der Waals surface area contributed by atoms with E-state index in [2.05, 4.69) is 31.0 Å². The third-order valence-corrected chi connectivity index (χ3v) is 4.01. The smallest absolute Gasteiger partial charge is 0.234 e. The number of hydrogen-bond acceptors (Lipinski definition) is 3. The van der Waals surface area contributed by atoms with Crippen molar-refractivity contribution in [2.45, 2.75) is 39.3 Å². The van der Waals surface area contributed by atoms with Crippen molar-refractivity contribution in [1.29, 1.82) is 0 Å². The molecule has 1 unspecified atom stereocenters. The van der Waals surface area contributed by atoms with Crippen LogP contribution in [0.25, 0.3) is 0 Å². The summed E-state index contributed by atoms with van der Waals surface area (Å²) < 4.78 is 0. The molecule has 4 nitrogen and oxygen atoms in total. The molecule has 3 N–H and O–H groups in total. The van der Waals surface area contributed by atoms with Gasteiger partial charge in [0.25, 0.3) is 0 Å². The molecule has 0 saturated heterocycles. The van der Waals surface area contributed by atoms with E-state index in [4.69, 9.17) is 5.73 Å². The molecule has 1 atom stereocenters. The third kappa shape index (κ3) is 4.62. The number of nitrogens with one attached hydrogen (secondary N) is 1. The second-order valence-electron chi connectivity index (χ2n) is 5.33. The van der Waals surface area contributed by atoms with Crippen LogP contribution in [0.3, 0.4) is 0 Å². The minimum Gasteiger partial charge on any atom is -0.351 e. The number of carbonyl (C=O) groups excluding carboxylic acids is 1. The lowest BCUT2D eigenvalue weighted by molar-refractivity contribution is -0.123. The van der Waals surface area contributed by atoms with Gasteiger partial charge in [-0.25, -0.2) is 0 Å². The van der Waals surface area contributed by atoms with Crippen molar-refractivity contribution in [2.75, 3.05) is 19.6 Å². The molecule has 0 aliphatic carbocycles. The molecule has 0 radical (unpaired) electrons. The summed E-state index contributed by atoms with van der Waals surface area (Å²) in [7, 11) is 0. The van der Waals surface area contributed by atoms with Crippen LogP contribution in [0.15, 0.2) is 30.3 Å². The summed E-state index contributed by atoms with van der Waals surface area (Å²) in [6.07, 6.45) is 0.934. The number of amides is 1. The number of rotatable bonds is 8. The topological polar surface area (TPSA) is 58.4 Å². The lowest BCUT2D eigenvalue weighted by atomic mass is 9.96. The maximum absolute atomic E-state index is 12.1. The van der Waals surface area contributed by atoms with Crippen LogP contribution in [0.4, 0.5) is 0 Å². The SMILES string of the molecule is CCN(CC(=O)NCc1ccccc1)C(C)(CC)CN. The Balaban J connectivity index is 2.51. The fourth-order valence-corrected chi connectivity index (χ4v) is 2.21. The van der Waals surface area contributed by atoms with Crippen LogP contribution in [0.1, 0.15) is 32.8 Å². The van der Waals surface area contributed by atoms with Gasteiger partial charge in [-0.3, -0.25) is 9.69 Å². The van der Waals surface area contributed by atoms with E-state index in [9.17, 15) is 4.79 Å². The Bertz CT molecular complexity index is 401. The molecule has 112 valence electrons. The zero-order valence-corrected chi connectivity index (χ0v) is 12.9. The average Bonchev–Trinajstić information content (AvgIpc) is 2.50. The first-order chi connectivity index (χ1) is 9.55. The van der Waals surface area contributed by atoms with Crippen molar-refractivity contribution in [3.05, 3.63) is 35.9 Å². The van der Waals surface area contributed by atoms with Gasteiger partial charge >= 0.3 is 0 Å². The highest BCUT2D eigenvalue weighted by atomic mass is 16.2. The van der Waals surface area contributed by atoms with Crippen molar-refractivity contribution in [3.8, 4) is 0 Å². The summed E-state index contributed by atoms with van der Waals surface area (Å²) in [6.45, 7) is 8.63. The van der Waals surface area contributed by atoms with E-state index in [1.54, 1.807) is 0 Å². The standard InChI is InChI=1S/C16H27N3O/c1-4-16(3,13-17)19(5-2)12-15(20)18-11-14-9-7-6-8-10-14/h6-10H,4-5,11-13,17H2,1-3H3,(H,18,20). The van der Waals surface area contributed by atoms with Gasteiger partial charge in [0.2, 0.25) is 5.91 Å². The quantitative estimate of drug-likeness (QED) is 0.761. The van der Waals surface area contributed by atoms with Gasteiger partial charge < -0.3 is 11.1 Å². The van der Waals surface area contributed by atoms with Crippen LogP contribution in [-0.4, -0.2) is 36.0 Å². The summed E-state index contributed by atoms with van der Waals surface area (Å²) in [4.78, 5) is 14.2. The minimum absolute atomic E-state index is 0.0452. The van der Waals surface area contributed by atoms with Crippen LogP contribution < -0.4 is 11.1 Å². The molecule has 0 fully saturated rings. The lowest BCUT2D eigenvalue weighted by Gasteiger charge is -2.39. The Hall–Kier alpha value is -1.39. The molecule has 0 aliphatic heterocycles. The van der Waals surface area contributed by atoms with Crippen molar-refractivity contribution >= 4 is 5.91 Å². The number of nitrogens with two attached hydrogens (primary N) is 1. The van der Waals surface area contributed by atoms with Crippen molar-refractivity contribution in [2.24, 2.45) is 5.73 Å². The maximum Gasteiger partial charge on any atom is 0.234 e. The molecular weight excluding hydrogens is 250 g/mol. The summed E-state index contributed by atoms with van der Waals surface area (Å²) in [5.74, 6) is 0.0452.